The molecule has 1 rings (SSSR count). The Hall–Kier alpha value is -1.13. The Bertz CT molecular complexity index is 204. The minimum Gasteiger partial charge on any atom is -0.466 e. The van der Waals surface area contributed by atoms with Crippen LogP contribution in [0.3, 0.4) is 0 Å². The fourth-order valence-corrected chi connectivity index (χ4v) is 1.26. The van der Waals surface area contributed by atoms with Crippen molar-refractivity contribution in [1.82, 2.24) is 0 Å². The van der Waals surface area contributed by atoms with Crippen molar-refractivity contribution in [2.45, 2.75) is 25.8 Å². The van der Waals surface area contributed by atoms with E-state index in [1.807, 2.05) is 0 Å². The maximum Gasteiger partial charge on any atom is 0.315 e. The van der Waals surface area contributed by atoms with Crippen molar-refractivity contribution >= 4 is 5.97 Å². The molecule has 0 amide bonds. The largest absolute Gasteiger partial charge is 0.466 e. The molecule has 0 radical (unpaired) electrons. The zero-order chi connectivity index (χ0) is 9.14. The highest BCUT2D eigenvalue weighted by Crippen LogP contribution is 2.30. The van der Waals surface area contributed by atoms with E-state index in [0.717, 1.165) is 0 Å². The van der Waals surface area contributed by atoms with Crippen LogP contribution in [0.5, 0.6) is 0 Å². The van der Waals surface area contributed by atoms with E-state index in [9.17, 15) is 14.9 Å². The fourth-order valence-electron chi connectivity index (χ4n) is 1.26. The third kappa shape index (κ3) is 1.54. The topological polar surface area (TPSA) is 69.4 Å². The van der Waals surface area contributed by atoms with Crippen LogP contribution in [0.25, 0.3) is 0 Å². The van der Waals surface area contributed by atoms with Crippen LogP contribution in [0.2, 0.25) is 0 Å². The molecule has 2 unspecified atom stereocenters. The summed E-state index contributed by atoms with van der Waals surface area (Å²) in [5.41, 5.74) is 0. The lowest BCUT2D eigenvalue weighted by molar-refractivity contribution is -0.544. The molecule has 68 valence electrons. The summed E-state index contributed by atoms with van der Waals surface area (Å²) in [5, 5.41) is 10.3. The minimum absolute atomic E-state index is 0.291. The minimum atomic E-state index is -0.705. The number of carbonyl (C=O) groups excluding carboxylic acids is 1. The van der Waals surface area contributed by atoms with Crippen LogP contribution in [-0.2, 0) is 9.53 Å². The summed E-state index contributed by atoms with van der Waals surface area (Å²) in [4.78, 5) is 20.9. The number of ether oxygens (including phenoxy) is 1. The van der Waals surface area contributed by atoms with Crippen molar-refractivity contribution in [3.63, 3.8) is 0 Å². The predicted molar refractivity (Wildman–Crippen MR) is 40.1 cm³/mol. The zero-order valence-electron chi connectivity index (χ0n) is 6.86. The Morgan fingerprint density at radius 1 is 1.67 bits per heavy atom. The van der Waals surface area contributed by atoms with Gasteiger partial charge in [-0.3, -0.25) is 14.9 Å². The Morgan fingerprint density at radius 2 is 2.33 bits per heavy atom. The van der Waals surface area contributed by atoms with Gasteiger partial charge in [-0.2, -0.15) is 0 Å². The molecule has 1 fully saturated rings. The molecule has 0 heterocycles. The Labute approximate surface area is 69.9 Å². The van der Waals surface area contributed by atoms with Crippen molar-refractivity contribution < 1.29 is 14.5 Å². The summed E-state index contributed by atoms with van der Waals surface area (Å²) < 4.78 is 4.68. The molecule has 0 spiro atoms. The van der Waals surface area contributed by atoms with Crippen molar-refractivity contribution in [2.75, 3.05) is 6.61 Å². The molecule has 5 heteroatoms. The standard InChI is InChI=1S/C7H11NO4/c1-2-12-7(9)5-3-4-6(5)8(10)11/h5-6H,2-4H2,1H3. The summed E-state index contributed by atoms with van der Waals surface area (Å²) >= 11 is 0. The maximum atomic E-state index is 11.0. The maximum absolute atomic E-state index is 11.0. The Balaban J connectivity index is 2.43. The van der Waals surface area contributed by atoms with Gasteiger partial charge in [0.1, 0.15) is 5.92 Å². The number of esters is 1. The van der Waals surface area contributed by atoms with Crippen LogP contribution in [0.1, 0.15) is 19.8 Å². The summed E-state index contributed by atoms with van der Waals surface area (Å²) in [6, 6.07) is -0.705. The first-order valence-electron chi connectivity index (χ1n) is 3.97. The van der Waals surface area contributed by atoms with Gasteiger partial charge in [0.15, 0.2) is 0 Å². The number of hydrogen-bond acceptors (Lipinski definition) is 4. The number of carbonyl (C=O) groups is 1. The SMILES string of the molecule is CCOC(=O)C1CCC1[N+](=O)[O-]. The van der Waals surface area contributed by atoms with E-state index in [2.05, 4.69) is 4.74 Å². The molecule has 0 aliphatic heterocycles. The first-order valence-corrected chi connectivity index (χ1v) is 3.97. The van der Waals surface area contributed by atoms with Gasteiger partial charge in [-0.25, -0.2) is 0 Å². The molecule has 0 aromatic heterocycles. The van der Waals surface area contributed by atoms with E-state index in [1.54, 1.807) is 6.92 Å². The predicted octanol–water partition coefficient (Wildman–Crippen LogP) is 0.605. The molecule has 5 nitrogen and oxygen atoms in total. The van der Waals surface area contributed by atoms with E-state index >= 15 is 0 Å². The first kappa shape index (κ1) is 8.96. The van der Waals surface area contributed by atoms with Crippen LogP contribution < -0.4 is 0 Å². The second-order valence-electron chi connectivity index (χ2n) is 2.79. The highest BCUT2D eigenvalue weighted by atomic mass is 16.6. The molecular formula is C7H11NO4. The van der Waals surface area contributed by atoms with Gasteiger partial charge in [-0.05, 0) is 13.3 Å². The average molecular weight is 173 g/mol. The van der Waals surface area contributed by atoms with Gasteiger partial charge in [-0.1, -0.05) is 0 Å². The third-order valence-electron chi connectivity index (χ3n) is 2.10. The van der Waals surface area contributed by atoms with Crippen LogP contribution in [0.15, 0.2) is 0 Å². The number of hydrogen-bond donors (Lipinski definition) is 0. The first-order chi connectivity index (χ1) is 5.66. The van der Waals surface area contributed by atoms with Crippen molar-refractivity contribution in [1.29, 1.82) is 0 Å². The summed E-state index contributed by atoms with van der Waals surface area (Å²) in [5.74, 6) is -0.926. The summed E-state index contributed by atoms with van der Waals surface area (Å²) in [6.45, 7) is 1.98. The molecule has 0 aromatic carbocycles. The smallest absolute Gasteiger partial charge is 0.315 e. The van der Waals surface area contributed by atoms with E-state index in [1.165, 1.54) is 0 Å². The molecule has 1 aliphatic rings. The van der Waals surface area contributed by atoms with Gasteiger partial charge in [0.25, 0.3) is 0 Å². The normalized spacial score (nSPS) is 27.4. The van der Waals surface area contributed by atoms with Crippen molar-refractivity contribution in [3.8, 4) is 0 Å². The molecular weight excluding hydrogens is 162 g/mol. The number of rotatable bonds is 3. The molecule has 1 aliphatic carbocycles. The molecule has 0 aromatic rings. The van der Waals surface area contributed by atoms with Crippen molar-refractivity contribution in [2.24, 2.45) is 5.92 Å². The summed E-state index contributed by atoms with van der Waals surface area (Å²) in [6.07, 6.45) is 1.08. The van der Waals surface area contributed by atoms with Crippen LogP contribution in [0, 0.1) is 16.0 Å². The van der Waals surface area contributed by atoms with Gasteiger partial charge in [0.05, 0.1) is 6.61 Å². The van der Waals surface area contributed by atoms with Gasteiger partial charge in [0.2, 0.25) is 6.04 Å². The van der Waals surface area contributed by atoms with E-state index in [4.69, 9.17) is 0 Å². The number of nitrogens with zero attached hydrogens (tertiary/aromatic N) is 1. The third-order valence-corrected chi connectivity index (χ3v) is 2.10. The van der Waals surface area contributed by atoms with Gasteiger partial charge in [-0.15, -0.1) is 0 Å². The van der Waals surface area contributed by atoms with Crippen LogP contribution in [-0.4, -0.2) is 23.5 Å². The Kier molecular flexibility index (Phi) is 2.62. The lowest BCUT2D eigenvalue weighted by Gasteiger charge is -2.26. The van der Waals surface area contributed by atoms with Crippen molar-refractivity contribution in [3.05, 3.63) is 10.1 Å². The molecule has 2 atom stereocenters. The molecule has 0 saturated heterocycles. The lowest BCUT2D eigenvalue weighted by Crippen LogP contribution is -2.43. The molecule has 0 N–H and O–H groups in total. The highest BCUT2D eigenvalue weighted by molar-refractivity contribution is 5.74. The molecule has 12 heavy (non-hydrogen) atoms. The lowest BCUT2D eigenvalue weighted by atomic mass is 9.80. The van der Waals surface area contributed by atoms with E-state index < -0.39 is 22.9 Å². The second kappa shape index (κ2) is 3.51. The monoisotopic (exact) mass is 173 g/mol. The summed E-state index contributed by atoms with van der Waals surface area (Å²) in [7, 11) is 0. The number of nitro groups is 1. The Morgan fingerprint density at radius 3 is 2.67 bits per heavy atom. The molecule has 0 bridgehead atoms. The van der Waals surface area contributed by atoms with E-state index in [-0.39, 0.29) is 0 Å². The second-order valence-corrected chi connectivity index (χ2v) is 2.79. The van der Waals surface area contributed by atoms with Crippen LogP contribution >= 0.6 is 0 Å². The highest BCUT2D eigenvalue weighted by Gasteiger charge is 2.46. The fraction of sp³-hybridized carbons (Fsp3) is 0.857. The van der Waals surface area contributed by atoms with Gasteiger partial charge < -0.3 is 4.74 Å². The van der Waals surface area contributed by atoms with E-state index in [0.29, 0.717) is 19.4 Å². The van der Waals surface area contributed by atoms with Gasteiger partial charge >= 0.3 is 5.97 Å². The van der Waals surface area contributed by atoms with Crippen LogP contribution in [0.4, 0.5) is 0 Å². The zero-order valence-corrected chi connectivity index (χ0v) is 6.86. The van der Waals surface area contributed by atoms with Gasteiger partial charge in [0, 0.05) is 11.3 Å². The average Bonchev–Trinajstić information content (AvgIpc) is 1.82. The quantitative estimate of drug-likeness (QED) is 0.356. The molecule has 1 saturated carbocycles.